The van der Waals surface area contributed by atoms with Gasteiger partial charge in [-0.05, 0) is 43.7 Å². The molecule has 1 saturated carbocycles. The number of carbonyl (C=O) groups excluding carboxylic acids is 1. The van der Waals surface area contributed by atoms with Crippen LogP contribution in [0.2, 0.25) is 0 Å². The lowest BCUT2D eigenvalue weighted by molar-refractivity contribution is 0.0677. The number of nitrogens with zero attached hydrogens (tertiary/aromatic N) is 5. The van der Waals surface area contributed by atoms with Crippen LogP contribution in [-0.4, -0.2) is 47.8 Å². The van der Waals surface area contributed by atoms with Crippen LogP contribution in [0.1, 0.15) is 35.8 Å². The van der Waals surface area contributed by atoms with Gasteiger partial charge in [0.05, 0.1) is 17.5 Å². The Morgan fingerprint density at radius 1 is 1.35 bits per heavy atom. The molecule has 2 aliphatic rings. The van der Waals surface area contributed by atoms with Gasteiger partial charge in [0.1, 0.15) is 5.52 Å². The molecule has 3 aromatic heterocycles. The number of aromatic nitrogens is 5. The van der Waals surface area contributed by atoms with Gasteiger partial charge >= 0.3 is 0 Å². The highest BCUT2D eigenvalue weighted by Crippen LogP contribution is 2.42. The zero-order valence-electron chi connectivity index (χ0n) is 14.7. The molecule has 3 atom stereocenters. The summed E-state index contributed by atoms with van der Waals surface area (Å²) in [5, 5.41) is 8.69. The van der Waals surface area contributed by atoms with Gasteiger partial charge in [-0.2, -0.15) is 5.10 Å². The highest BCUT2D eigenvalue weighted by atomic mass is 16.2. The maximum absolute atomic E-state index is 13.0. The number of hydrogen-bond acceptors (Lipinski definition) is 4. The maximum Gasteiger partial charge on any atom is 0.276 e. The molecule has 1 amide bonds. The Kier molecular flexibility index (Phi) is 3.13. The monoisotopic (exact) mass is 352 g/mol. The largest absolute Gasteiger partial charge is 0.335 e. The standard InChI is InChI=1S/C18H20N6O2/c1-10-6-13-7-12(10)9-22(13)17(26)14-8-19-24(11(14)2)18-20-16(25)15-4-3-5-23(15)21-18/h3-5,8,10,12-13H,6-7,9H2,1-2H3,(H,20,21,25)/t10-,12?,13?/m1/s1. The molecule has 4 heterocycles. The van der Waals surface area contributed by atoms with Gasteiger partial charge in [0, 0.05) is 18.8 Å². The van der Waals surface area contributed by atoms with E-state index in [9.17, 15) is 9.59 Å². The van der Waals surface area contributed by atoms with Crippen LogP contribution in [0, 0.1) is 18.8 Å². The molecule has 1 aliphatic heterocycles. The fourth-order valence-electron chi connectivity index (χ4n) is 4.47. The number of rotatable bonds is 2. The Morgan fingerprint density at radius 2 is 2.19 bits per heavy atom. The fourth-order valence-corrected chi connectivity index (χ4v) is 4.47. The average molecular weight is 352 g/mol. The van der Waals surface area contributed by atoms with E-state index in [1.54, 1.807) is 24.5 Å². The molecule has 2 fully saturated rings. The van der Waals surface area contributed by atoms with Crippen LogP contribution in [0.15, 0.2) is 29.3 Å². The van der Waals surface area contributed by atoms with Crippen molar-refractivity contribution < 1.29 is 4.79 Å². The molecule has 0 spiro atoms. The number of carbonyl (C=O) groups is 1. The van der Waals surface area contributed by atoms with Crippen LogP contribution in [-0.2, 0) is 0 Å². The van der Waals surface area contributed by atoms with Gasteiger partial charge in [0.25, 0.3) is 11.5 Å². The third kappa shape index (κ3) is 2.07. The lowest BCUT2D eigenvalue weighted by Gasteiger charge is -2.29. The molecule has 8 heteroatoms. The van der Waals surface area contributed by atoms with Gasteiger partial charge in [0.2, 0.25) is 5.95 Å². The summed E-state index contributed by atoms with van der Waals surface area (Å²) in [6.07, 6.45) is 5.48. The molecule has 8 nitrogen and oxygen atoms in total. The van der Waals surface area contributed by atoms with E-state index in [0.717, 1.165) is 19.4 Å². The quantitative estimate of drug-likeness (QED) is 0.755. The smallest absolute Gasteiger partial charge is 0.276 e. The first-order valence-corrected chi connectivity index (χ1v) is 8.96. The van der Waals surface area contributed by atoms with Crippen LogP contribution >= 0.6 is 0 Å². The molecule has 1 N–H and O–H groups in total. The average Bonchev–Trinajstić information content (AvgIpc) is 3.36. The van der Waals surface area contributed by atoms with Crippen molar-refractivity contribution in [3.05, 3.63) is 46.1 Å². The predicted molar refractivity (Wildman–Crippen MR) is 94.4 cm³/mol. The fraction of sp³-hybridized carbons (Fsp3) is 0.444. The minimum Gasteiger partial charge on any atom is -0.335 e. The predicted octanol–water partition coefficient (Wildman–Crippen LogP) is 1.39. The molecule has 2 unspecified atom stereocenters. The molecule has 3 aromatic rings. The Hall–Kier alpha value is -2.90. The van der Waals surface area contributed by atoms with Crippen LogP contribution in [0.3, 0.4) is 0 Å². The second-order valence-electron chi connectivity index (χ2n) is 7.49. The number of nitrogens with one attached hydrogen (secondary N) is 1. The summed E-state index contributed by atoms with van der Waals surface area (Å²) in [5.74, 6) is 1.65. The minimum atomic E-state index is -0.242. The van der Waals surface area contributed by atoms with Gasteiger partial charge in [-0.15, -0.1) is 5.10 Å². The first-order chi connectivity index (χ1) is 12.5. The minimum absolute atomic E-state index is 0.0255. The van der Waals surface area contributed by atoms with Crippen LogP contribution in [0.5, 0.6) is 0 Å². The lowest BCUT2D eigenvalue weighted by atomic mass is 9.96. The lowest BCUT2D eigenvalue weighted by Crippen LogP contribution is -2.39. The SMILES string of the molecule is Cc1c(C(=O)N2CC3CC2C[C@H]3C)cnn1-c1nn2cccc2c(=O)[nH]1. The summed E-state index contributed by atoms with van der Waals surface area (Å²) in [4.78, 5) is 29.9. The van der Waals surface area contributed by atoms with Crippen LogP contribution in [0.25, 0.3) is 11.5 Å². The van der Waals surface area contributed by atoms with E-state index in [1.165, 1.54) is 9.20 Å². The van der Waals surface area contributed by atoms with Crippen molar-refractivity contribution in [1.29, 1.82) is 0 Å². The topological polar surface area (TPSA) is 88.3 Å². The van der Waals surface area contributed by atoms with E-state index < -0.39 is 0 Å². The molecule has 0 aromatic carbocycles. The zero-order valence-corrected chi connectivity index (χ0v) is 14.7. The number of fused-ring (bicyclic) bond motifs is 3. The second kappa shape index (κ2) is 5.30. The van der Waals surface area contributed by atoms with Crippen molar-refractivity contribution in [2.24, 2.45) is 11.8 Å². The summed E-state index contributed by atoms with van der Waals surface area (Å²) in [6, 6.07) is 3.80. The van der Waals surface area contributed by atoms with E-state index in [4.69, 9.17) is 0 Å². The van der Waals surface area contributed by atoms with E-state index in [2.05, 4.69) is 22.1 Å². The summed E-state index contributed by atoms with van der Waals surface area (Å²) in [5.41, 5.74) is 1.48. The molecule has 1 aliphatic carbocycles. The van der Waals surface area contributed by atoms with Gasteiger partial charge in [-0.1, -0.05) is 6.92 Å². The Bertz CT molecular complexity index is 1070. The first kappa shape index (κ1) is 15.4. The van der Waals surface area contributed by atoms with Gasteiger partial charge in [0.15, 0.2) is 0 Å². The highest BCUT2D eigenvalue weighted by molar-refractivity contribution is 5.95. The Morgan fingerprint density at radius 3 is 2.92 bits per heavy atom. The van der Waals surface area contributed by atoms with E-state index >= 15 is 0 Å². The summed E-state index contributed by atoms with van der Waals surface area (Å²) in [7, 11) is 0. The van der Waals surface area contributed by atoms with Crippen molar-refractivity contribution in [2.45, 2.75) is 32.7 Å². The second-order valence-corrected chi connectivity index (χ2v) is 7.49. The molecule has 0 radical (unpaired) electrons. The normalized spacial score (nSPS) is 24.7. The van der Waals surface area contributed by atoms with Gasteiger partial charge in [-0.3, -0.25) is 14.6 Å². The zero-order chi connectivity index (χ0) is 18.0. The molecule has 1 saturated heterocycles. The third-order valence-electron chi connectivity index (χ3n) is 5.99. The number of piperidine rings is 1. The van der Waals surface area contributed by atoms with Crippen molar-refractivity contribution in [3.8, 4) is 5.95 Å². The van der Waals surface area contributed by atoms with E-state index in [0.29, 0.717) is 40.6 Å². The molecular formula is C18H20N6O2. The summed E-state index contributed by atoms with van der Waals surface area (Å²) >= 11 is 0. The number of hydrogen-bond donors (Lipinski definition) is 1. The molecule has 134 valence electrons. The Balaban J connectivity index is 1.50. The number of likely N-dealkylation sites (tertiary alicyclic amines) is 1. The van der Waals surface area contributed by atoms with Gasteiger partial charge < -0.3 is 4.90 Å². The van der Waals surface area contributed by atoms with Crippen molar-refractivity contribution in [2.75, 3.05) is 6.54 Å². The van der Waals surface area contributed by atoms with Crippen LogP contribution < -0.4 is 5.56 Å². The number of amides is 1. The summed E-state index contributed by atoms with van der Waals surface area (Å²) in [6.45, 7) is 4.94. The number of H-pyrrole nitrogens is 1. The maximum atomic E-state index is 13.0. The third-order valence-corrected chi connectivity index (χ3v) is 5.99. The van der Waals surface area contributed by atoms with E-state index in [-0.39, 0.29) is 11.5 Å². The van der Waals surface area contributed by atoms with Crippen molar-refractivity contribution >= 4 is 11.4 Å². The first-order valence-electron chi connectivity index (χ1n) is 8.96. The van der Waals surface area contributed by atoms with Gasteiger partial charge in [-0.25, -0.2) is 9.20 Å². The molecule has 26 heavy (non-hydrogen) atoms. The molecular weight excluding hydrogens is 332 g/mol. The summed E-state index contributed by atoms with van der Waals surface area (Å²) < 4.78 is 3.03. The number of aromatic amines is 1. The van der Waals surface area contributed by atoms with Crippen molar-refractivity contribution in [1.82, 2.24) is 29.3 Å². The Labute approximate surface area is 149 Å². The van der Waals surface area contributed by atoms with Crippen LogP contribution in [0.4, 0.5) is 0 Å². The highest BCUT2D eigenvalue weighted by Gasteiger charge is 2.45. The molecule has 5 rings (SSSR count). The van der Waals surface area contributed by atoms with E-state index in [1.807, 2.05) is 11.8 Å². The van der Waals surface area contributed by atoms with Crippen molar-refractivity contribution in [3.63, 3.8) is 0 Å². The molecule has 2 bridgehead atoms.